The molecule has 0 saturated carbocycles. The number of nitrogen functional groups attached to an aromatic ring is 1. The number of nitrogens with two attached hydrogens (primary N) is 1. The fourth-order valence-corrected chi connectivity index (χ4v) is 2.86. The van der Waals surface area contributed by atoms with Crippen molar-refractivity contribution in [2.24, 2.45) is 0 Å². The van der Waals surface area contributed by atoms with Gasteiger partial charge in [0, 0.05) is 12.0 Å². The lowest BCUT2D eigenvalue weighted by atomic mass is 9.90. The van der Waals surface area contributed by atoms with E-state index in [9.17, 15) is 4.39 Å². The van der Waals surface area contributed by atoms with Gasteiger partial charge in [-0.1, -0.05) is 65.2 Å². The van der Waals surface area contributed by atoms with E-state index in [-0.39, 0.29) is 5.82 Å². The van der Waals surface area contributed by atoms with Crippen molar-refractivity contribution in [3.63, 3.8) is 0 Å². The molecule has 0 radical (unpaired) electrons. The summed E-state index contributed by atoms with van der Waals surface area (Å²) in [4.78, 5) is 4.27. The third kappa shape index (κ3) is 6.92. The van der Waals surface area contributed by atoms with Crippen molar-refractivity contribution in [1.29, 1.82) is 0 Å². The summed E-state index contributed by atoms with van der Waals surface area (Å²) in [5, 5.41) is 0. The Morgan fingerprint density at radius 1 is 1.00 bits per heavy atom. The molecule has 0 aliphatic heterocycles. The van der Waals surface area contributed by atoms with E-state index in [1.54, 1.807) is 0 Å². The Morgan fingerprint density at radius 2 is 1.57 bits per heavy atom. The lowest BCUT2D eigenvalue weighted by Crippen LogP contribution is -2.07. The van der Waals surface area contributed by atoms with Crippen LogP contribution in [0.15, 0.2) is 12.3 Å². The number of hydrogen-bond donors (Lipinski definition) is 1. The van der Waals surface area contributed by atoms with Gasteiger partial charge < -0.3 is 5.73 Å². The maximum atomic E-state index is 13.2. The van der Waals surface area contributed by atoms with Gasteiger partial charge in [0.15, 0.2) is 0 Å². The Bertz CT molecular complexity index is 393. The highest BCUT2D eigenvalue weighted by molar-refractivity contribution is 5.44. The summed E-state index contributed by atoms with van der Waals surface area (Å²) >= 11 is 0. The third-order valence-electron chi connectivity index (χ3n) is 4.12. The fourth-order valence-electron chi connectivity index (χ4n) is 2.86. The van der Waals surface area contributed by atoms with Crippen molar-refractivity contribution >= 4 is 5.69 Å². The van der Waals surface area contributed by atoms with Crippen LogP contribution in [-0.4, -0.2) is 4.98 Å². The second-order valence-corrected chi connectivity index (χ2v) is 6.02. The smallest absolute Gasteiger partial charge is 0.143 e. The van der Waals surface area contributed by atoms with Gasteiger partial charge in [0.1, 0.15) is 5.82 Å². The number of rotatable bonds is 11. The molecule has 0 fully saturated rings. The van der Waals surface area contributed by atoms with Crippen molar-refractivity contribution < 1.29 is 4.39 Å². The molecule has 1 rings (SSSR count). The van der Waals surface area contributed by atoms with E-state index in [1.807, 2.05) is 0 Å². The molecule has 0 bridgehead atoms. The largest absolute Gasteiger partial charge is 0.397 e. The van der Waals surface area contributed by atoms with Crippen LogP contribution in [0.25, 0.3) is 0 Å². The molecule has 1 aromatic heterocycles. The molecule has 1 heterocycles. The number of aromatic nitrogens is 1. The number of unbranched alkanes of at least 4 members (excludes halogenated alkanes) is 6. The third-order valence-corrected chi connectivity index (χ3v) is 4.12. The van der Waals surface area contributed by atoms with Crippen molar-refractivity contribution in [1.82, 2.24) is 4.98 Å². The summed E-state index contributed by atoms with van der Waals surface area (Å²) < 4.78 is 13.2. The van der Waals surface area contributed by atoms with Gasteiger partial charge >= 0.3 is 0 Å². The first kappa shape index (κ1) is 17.9. The van der Waals surface area contributed by atoms with E-state index in [1.165, 1.54) is 63.6 Å². The normalized spacial score (nSPS) is 12.5. The van der Waals surface area contributed by atoms with E-state index in [4.69, 9.17) is 5.73 Å². The van der Waals surface area contributed by atoms with Gasteiger partial charge in [-0.3, -0.25) is 4.98 Å². The van der Waals surface area contributed by atoms with Crippen molar-refractivity contribution in [2.45, 2.75) is 84.0 Å². The minimum absolute atomic E-state index is 0.341. The lowest BCUT2D eigenvalue weighted by molar-refractivity contribution is 0.489. The minimum Gasteiger partial charge on any atom is -0.397 e. The second-order valence-electron chi connectivity index (χ2n) is 6.02. The second kappa shape index (κ2) is 10.6. The van der Waals surface area contributed by atoms with E-state index in [0.29, 0.717) is 11.6 Å². The molecule has 1 aromatic rings. The summed E-state index contributed by atoms with van der Waals surface area (Å²) in [6.45, 7) is 4.45. The van der Waals surface area contributed by atoms with Crippen LogP contribution in [0, 0.1) is 5.82 Å². The number of nitrogens with zero attached hydrogens (tertiary/aromatic N) is 1. The maximum absolute atomic E-state index is 13.2. The van der Waals surface area contributed by atoms with Gasteiger partial charge in [-0.05, 0) is 12.8 Å². The Morgan fingerprint density at radius 3 is 2.19 bits per heavy atom. The molecular formula is C18H31FN2. The van der Waals surface area contributed by atoms with Crippen LogP contribution in [-0.2, 0) is 0 Å². The lowest BCUT2D eigenvalue weighted by Gasteiger charge is -2.18. The van der Waals surface area contributed by atoms with Crippen LogP contribution in [0.1, 0.15) is 89.7 Å². The molecule has 0 aromatic carbocycles. The fraction of sp³-hybridized carbons (Fsp3) is 0.722. The Labute approximate surface area is 129 Å². The number of hydrogen-bond acceptors (Lipinski definition) is 2. The zero-order chi connectivity index (χ0) is 15.5. The molecule has 0 aliphatic rings. The van der Waals surface area contributed by atoms with E-state index < -0.39 is 0 Å². The topological polar surface area (TPSA) is 38.9 Å². The van der Waals surface area contributed by atoms with E-state index >= 15 is 0 Å². The molecule has 1 atom stereocenters. The van der Waals surface area contributed by atoms with Crippen LogP contribution < -0.4 is 5.73 Å². The highest BCUT2D eigenvalue weighted by Crippen LogP contribution is 2.30. The Kier molecular flexibility index (Phi) is 9.04. The molecule has 0 saturated heterocycles. The van der Waals surface area contributed by atoms with E-state index in [2.05, 4.69) is 18.8 Å². The number of halogens is 1. The Hall–Kier alpha value is -1.12. The predicted octanol–water partition coefficient (Wildman–Crippen LogP) is 5.83. The van der Waals surface area contributed by atoms with Crippen molar-refractivity contribution in [3.8, 4) is 0 Å². The molecular weight excluding hydrogens is 263 g/mol. The highest BCUT2D eigenvalue weighted by atomic mass is 19.1. The number of anilines is 1. The van der Waals surface area contributed by atoms with Gasteiger partial charge in [-0.2, -0.15) is 0 Å². The first-order chi connectivity index (χ1) is 10.2. The average molecular weight is 294 g/mol. The predicted molar refractivity (Wildman–Crippen MR) is 88.9 cm³/mol. The van der Waals surface area contributed by atoms with Crippen LogP contribution in [0.4, 0.5) is 10.1 Å². The SMILES string of the molecule is CCCCCCCC(CCCCC)c1ncc(F)cc1N. The minimum atomic E-state index is -0.341. The highest BCUT2D eigenvalue weighted by Gasteiger charge is 2.16. The zero-order valence-electron chi connectivity index (χ0n) is 13.7. The molecule has 0 aliphatic carbocycles. The molecule has 120 valence electrons. The van der Waals surface area contributed by atoms with Crippen molar-refractivity contribution in [3.05, 3.63) is 23.8 Å². The first-order valence-corrected chi connectivity index (χ1v) is 8.59. The maximum Gasteiger partial charge on any atom is 0.143 e. The van der Waals surface area contributed by atoms with Crippen LogP contribution in [0.3, 0.4) is 0 Å². The first-order valence-electron chi connectivity index (χ1n) is 8.59. The summed E-state index contributed by atoms with van der Waals surface area (Å²) in [6, 6.07) is 1.41. The molecule has 3 heteroatoms. The molecule has 2 N–H and O–H groups in total. The molecule has 2 nitrogen and oxygen atoms in total. The van der Waals surface area contributed by atoms with Gasteiger partial charge in [-0.15, -0.1) is 0 Å². The van der Waals surface area contributed by atoms with Gasteiger partial charge in [-0.25, -0.2) is 4.39 Å². The summed E-state index contributed by atoms with van der Waals surface area (Å²) in [7, 11) is 0. The monoisotopic (exact) mass is 294 g/mol. The summed E-state index contributed by atoms with van der Waals surface area (Å²) in [5.74, 6) is 0.0466. The zero-order valence-corrected chi connectivity index (χ0v) is 13.7. The molecule has 0 amide bonds. The van der Waals surface area contributed by atoms with Crippen LogP contribution in [0.5, 0.6) is 0 Å². The average Bonchev–Trinajstić information content (AvgIpc) is 2.46. The van der Waals surface area contributed by atoms with Gasteiger partial charge in [0.2, 0.25) is 0 Å². The van der Waals surface area contributed by atoms with Crippen LogP contribution >= 0.6 is 0 Å². The standard InChI is InChI=1S/C18H31FN2/c1-3-5-7-8-10-12-15(11-9-6-4-2)18-17(20)13-16(19)14-21-18/h13-15H,3-12,20H2,1-2H3. The Balaban J connectivity index is 2.58. The number of pyridine rings is 1. The summed E-state index contributed by atoms with van der Waals surface area (Å²) in [5.41, 5.74) is 7.40. The van der Waals surface area contributed by atoms with Gasteiger partial charge in [0.25, 0.3) is 0 Å². The van der Waals surface area contributed by atoms with Crippen LogP contribution in [0.2, 0.25) is 0 Å². The van der Waals surface area contributed by atoms with E-state index in [0.717, 1.165) is 18.5 Å². The van der Waals surface area contributed by atoms with Gasteiger partial charge in [0.05, 0.1) is 17.6 Å². The van der Waals surface area contributed by atoms with Crippen molar-refractivity contribution in [2.75, 3.05) is 5.73 Å². The molecule has 0 spiro atoms. The molecule has 1 unspecified atom stereocenters. The summed E-state index contributed by atoms with van der Waals surface area (Å²) in [6.07, 6.45) is 13.6. The molecule has 21 heavy (non-hydrogen) atoms. The quantitative estimate of drug-likeness (QED) is 0.522.